The third-order valence-corrected chi connectivity index (χ3v) is 5.15. The summed E-state index contributed by atoms with van der Waals surface area (Å²) in [6.45, 7) is 18.8. The molecule has 1 N–H and O–H groups in total. The fourth-order valence-electron chi connectivity index (χ4n) is 5.11. The highest BCUT2D eigenvalue weighted by Crippen LogP contribution is 2.49. The summed E-state index contributed by atoms with van der Waals surface area (Å²) in [6, 6.07) is 0. The molecule has 0 unspecified atom stereocenters. The lowest BCUT2D eigenvalue weighted by Crippen LogP contribution is -2.72. The molecular formula is C19H34N2O2. The molecule has 0 bridgehead atoms. The van der Waals surface area contributed by atoms with Gasteiger partial charge in [0.1, 0.15) is 0 Å². The van der Waals surface area contributed by atoms with Crippen LogP contribution in [0.1, 0.15) is 80.6 Å². The highest BCUT2D eigenvalue weighted by atomic mass is 16.7. The van der Waals surface area contributed by atoms with Crippen molar-refractivity contribution in [2.75, 3.05) is 0 Å². The summed E-state index contributed by atoms with van der Waals surface area (Å²) in [5.41, 5.74) is 0.179. The number of nitrogens with zero attached hydrogens (tertiary/aromatic N) is 1. The second-order valence-corrected chi connectivity index (χ2v) is 9.59. The molecule has 2 rings (SSSR count). The summed E-state index contributed by atoms with van der Waals surface area (Å²) in [5.74, 6) is -0.312. The van der Waals surface area contributed by atoms with Crippen LogP contribution in [0.5, 0.6) is 0 Å². The van der Waals surface area contributed by atoms with Gasteiger partial charge in [-0.25, -0.2) is 4.79 Å². The molecule has 0 saturated carbocycles. The van der Waals surface area contributed by atoms with Crippen molar-refractivity contribution in [2.45, 2.75) is 103 Å². The number of nitrogens with one attached hydrogen (secondary N) is 1. The predicted octanol–water partition coefficient (Wildman–Crippen LogP) is 3.96. The molecule has 2 aliphatic heterocycles. The number of hydrogen-bond donors (Lipinski definition) is 1. The Morgan fingerprint density at radius 3 is 2.04 bits per heavy atom. The van der Waals surface area contributed by atoms with E-state index in [9.17, 15) is 4.79 Å². The first-order chi connectivity index (χ1) is 10.3. The van der Waals surface area contributed by atoms with Crippen LogP contribution in [0.3, 0.4) is 0 Å². The van der Waals surface area contributed by atoms with E-state index in [0.29, 0.717) is 5.57 Å². The molecule has 0 radical (unpaired) electrons. The Morgan fingerprint density at radius 2 is 1.57 bits per heavy atom. The molecule has 1 spiro atoms. The van der Waals surface area contributed by atoms with Crippen LogP contribution >= 0.6 is 0 Å². The maximum Gasteiger partial charge on any atom is 0.352 e. The van der Waals surface area contributed by atoms with E-state index >= 15 is 0 Å². The third-order valence-electron chi connectivity index (χ3n) is 5.15. The molecular weight excluding hydrogens is 288 g/mol. The maximum atomic E-state index is 12.3. The molecule has 0 amide bonds. The van der Waals surface area contributed by atoms with E-state index in [1.807, 2.05) is 5.06 Å². The Hall–Kier alpha value is -0.870. The molecule has 0 aliphatic carbocycles. The molecule has 132 valence electrons. The van der Waals surface area contributed by atoms with Crippen molar-refractivity contribution >= 4 is 5.97 Å². The monoisotopic (exact) mass is 322 g/mol. The minimum absolute atomic E-state index is 0.00303. The van der Waals surface area contributed by atoms with Crippen molar-refractivity contribution < 1.29 is 9.63 Å². The Kier molecular flexibility index (Phi) is 4.49. The average Bonchev–Trinajstić information content (AvgIpc) is 2.29. The van der Waals surface area contributed by atoms with Gasteiger partial charge in [-0.15, -0.1) is 5.06 Å². The maximum absolute atomic E-state index is 12.3. The fraction of sp³-hybridized carbons (Fsp3) is 0.842. The zero-order chi connectivity index (χ0) is 17.7. The van der Waals surface area contributed by atoms with E-state index in [0.717, 1.165) is 25.7 Å². The lowest BCUT2D eigenvalue weighted by molar-refractivity contribution is -0.284. The van der Waals surface area contributed by atoms with Crippen molar-refractivity contribution in [3.63, 3.8) is 0 Å². The minimum atomic E-state index is -0.312. The van der Waals surface area contributed by atoms with Crippen LogP contribution in [0.2, 0.25) is 0 Å². The van der Waals surface area contributed by atoms with Gasteiger partial charge in [-0.1, -0.05) is 6.58 Å². The molecule has 23 heavy (non-hydrogen) atoms. The van der Waals surface area contributed by atoms with Crippen molar-refractivity contribution in [3.05, 3.63) is 12.2 Å². The molecule has 2 aliphatic rings. The van der Waals surface area contributed by atoms with Crippen LogP contribution in [0.4, 0.5) is 0 Å². The summed E-state index contributed by atoms with van der Waals surface area (Å²) < 4.78 is 0. The van der Waals surface area contributed by atoms with Crippen LogP contribution in [0.25, 0.3) is 0 Å². The normalized spacial score (nSPS) is 28.3. The van der Waals surface area contributed by atoms with Crippen molar-refractivity contribution in [1.29, 1.82) is 0 Å². The Labute approximate surface area is 141 Å². The molecule has 4 nitrogen and oxygen atoms in total. The van der Waals surface area contributed by atoms with Crippen molar-refractivity contribution in [1.82, 2.24) is 10.4 Å². The van der Waals surface area contributed by atoms with Crippen LogP contribution in [0, 0.1) is 0 Å². The van der Waals surface area contributed by atoms with Gasteiger partial charge in [-0.3, -0.25) is 0 Å². The molecule has 0 aromatic heterocycles. The van der Waals surface area contributed by atoms with Gasteiger partial charge in [-0.05, 0) is 80.6 Å². The second kappa shape index (κ2) is 5.59. The van der Waals surface area contributed by atoms with Gasteiger partial charge in [0, 0.05) is 16.7 Å². The first-order valence-corrected chi connectivity index (χ1v) is 8.76. The number of hydroxylamine groups is 2. The minimum Gasteiger partial charge on any atom is -0.363 e. The Morgan fingerprint density at radius 1 is 1.04 bits per heavy atom. The van der Waals surface area contributed by atoms with Gasteiger partial charge in [0.05, 0.1) is 11.1 Å². The number of carbonyl (C=O) groups excluding carboxylic acids is 1. The van der Waals surface area contributed by atoms with Crippen LogP contribution in [-0.2, 0) is 9.63 Å². The lowest BCUT2D eigenvalue weighted by atomic mass is 9.65. The van der Waals surface area contributed by atoms with Crippen LogP contribution in [-0.4, -0.2) is 33.2 Å². The first-order valence-electron chi connectivity index (χ1n) is 8.76. The first kappa shape index (κ1) is 18.5. The topological polar surface area (TPSA) is 41.6 Å². The quantitative estimate of drug-likeness (QED) is 0.781. The Balaban J connectivity index is 2.43. The molecule has 0 aromatic carbocycles. The summed E-state index contributed by atoms with van der Waals surface area (Å²) in [7, 11) is 0. The van der Waals surface area contributed by atoms with Crippen molar-refractivity contribution in [3.8, 4) is 0 Å². The van der Waals surface area contributed by atoms with Crippen molar-refractivity contribution in [2.24, 2.45) is 0 Å². The van der Waals surface area contributed by atoms with Crippen LogP contribution in [0.15, 0.2) is 12.2 Å². The zero-order valence-electron chi connectivity index (χ0n) is 16.0. The molecule has 0 aromatic rings. The largest absolute Gasteiger partial charge is 0.363 e. The zero-order valence-corrected chi connectivity index (χ0v) is 16.0. The Bertz CT molecular complexity index is 489. The molecule has 4 heteroatoms. The van der Waals surface area contributed by atoms with E-state index < -0.39 is 0 Å². The second-order valence-electron chi connectivity index (χ2n) is 9.59. The van der Waals surface area contributed by atoms with Gasteiger partial charge < -0.3 is 10.2 Å². The van der Waals surface area contributed by atoms with Crippen LogP contribution < -0.4 is 5.32 Å². The summed E-state index contributed by atoms with van der Waals surface area (Å²) >= 11 is 0. The number of carbonyl (C=O) groups is 1. The van der Waals surface area contributed by atoms with E-state index in [1.165, 1.54) is 6.42 Å². The standard InChI is InChI=1S/C19H34N2O2/c1-14(2)15(22)23-21-18(7,8)10-9-11-19(21)12-16(3,4)20-17(5,6)13-19/h20H,1,9-13H2,2-8H3. The molecule has 2 heterocycles. The smallest absolute Gasteiger partial charge is 0.352 e. The lowest BCUT2D eigenvalue weighted by Gasteiger charge is -2.61. The van der Waals surface area contributed by atoms with Gasteiger partial charge >= 0.3 is 5.97 Å². The highest BCUT2D eigenvalue weighted by Gasteiger charge is 2.56. The van der Waals surface area contributed by atoms with Gasteiger partial charge in [0.25, 0.3) is 0 Å². The summed E-state index contributed by atoms with van der Waals surface area (Å²) in [4.78, 5) is 18.2. The van der Waals surface area contributed by atoms with Gasteiger partial charge in [0.15, 0.2) is 0 Å². The van der Waals surface area contributed by atoms with E-state index in [-0.39, 0.29) is 28.1 Å². The summed E-state index contributed by atoms with van der Waals surface area (Å²) in [5, 5.41) is 5.78. The SMILES string of the molecule is C=C(C)C(=O)ON1C(C)(C)CCCC12CC(C)(C)NC(C)(C)C2. The van der Waals surface area contributed by atoms with Gasteiger partial charge in [-0.2, -0.15) is 0 Å². The molecule has 2 fully saturated rings. The summed E-state index contributed by atoms with van der Waals surface area (Å²) in [6.07, 6.45) is 5.20. The molecule has 2 saturated heterocycles. The predicted molar refractivity (Wildman–Crippen MR) is 93.9 cm³/mol. The number of hydrogen-bond acceptors (Lipinski definition) is 4. The average molecular weight is 322 g/mol. The van der Waals surface area contributed by atoms with E-state index in [4.69, 9.17) is 4.84 Å². The number of rotatable bonds is 2. The van der Waals surface area contributed by atoms with E-state index in [1.54, 1.807) is 6.92 Å². The number of piperidine rings is 2. The third kappa shape index (κ3) is 3.80. The van der Waals surface area contributed by atoms with Gasteiger partial charge in [0.2, 0.25) is 0 Å². The molecule has 0 atom stereocenters. The highest BCUT2D eigenvalue weighted by molar-refractivity contribution is 5.86. The fourth-order valence-corrected chi connectivity index (χ4v) is 5.11. The van der Waals surface area contributed by atoms with E-state index in [2.05, 4.69) is 53.4 Å².